The maximum atomic E-state index is 11.4. The molecule has 2 aromatic rings. The average molecular weight is 257 g/mol. The lowest BCUT2D eigenvalue weighted by atomic mass is 10.2. The van der Waals surface area contributed by atoms with Crippen molar-refractivity contribution in [2.45, 2.75) is 6.92 Å². The van der Waals surface area contributed by atoms with Crippen LogP contribution in [0.5, 0.6) is 11.5 Å². The number of benzene rings is 2. The van der Waals surface area contributed by atoms with Crippen LogP contribution >= 0.6 is 0 Å². The number of nitrogen functional groups attached to an aromatic ring is 1. The zero-order chi connectivity index (χ0) is 13.8. The van der Waals surface area contributed by atoms with Crippen LogP contribution in [-0.2, 0) is 4.74 Å². The normalized spacial score (nSPS) is 10.0. The van der Waals surface area contributed by atoms with E-state index in [-0.39, 0.29) is 5.97 Å². The monoisotopic (exact) mass is 257 g/mol. The van der Waals surface area contributed by atoms with Crippen LogP contribution in [-0.4, -0.2) is 13.1 Å². The van der Waals surface area contributed by atoms with E-state index < -0.39 is 0 Å². The zero-order valence-corrected chi connectivity index (χ0v) is 10.8. The van der Waals surface area contributed by atoms with Crippen LogP contribution in [0, 0.1) is 6.92 Å². The van der Waals surface area contributed by atoms with Gasteiger partial charge in [-0.1, -0.05) is 6.07 Å². The first-order chi connectivity index (χ1) is 9.10. The quantitative estimate of drug-likeness (QED) is 0.677. The smallest absolute Gasteiger partial charge is 0.337 e. The van der Waals surface area contributed by atoms with E-state index in [0.717, 1.165) is 11.3 Å². The number of nitrogens with two attached hydrogens (primary N) is 1. The van der Waals surface area contributed by atoms with Crippen molar-refractivity contribution < 1.29 is 14.3 Å². The Morgan fingerprint density at radius 1 is 1.11 bits per heavy atom. The molecule has 0 bridgehead atoms. The van der Waals surface area contributed by atoms with Gasteiger partial charge in [-0.25, -0.2) is 4.79 Å². The maximum Gasteiger partial charge on any atom is 0.337 e. The number of anilines is 1. The Labute approximate surface area is 111 Å². The van der Waals surface area contributed by atoms with Crippen molar-refractivity contribution in [2.24, 2.45) is 0 Å². The van der Waals surface area contributed by atoms with Crippen LogP contribution in [0.4, 0.5) is 5.69 Å². The fraction of sp³-hybridized carbons (Fsp3) is 0.133. The SMILES string of the molecule is COC(=O)c1cccc(Oc2ccc(N)c(C)c2)c1. The number of hydrogen-bond acceptors (Lipinski definition) is 4. The molecule has 2 aromatic carbocycles. The third-order valence-corrected chi connectivity index (χ3v) is 2.73. The molecule has 0 atom stereocenters. The van der Waals surface area contributed by atoms with Gasteiger partial charge in [-0.2, -0.15) is 0 Å². The molecule has 19 heavy (non-hydrogen) atoms. The van der Waals surface area contributed by atoms with E-state index in [0.29, 0.717) is 17.1 Å². The molecular formula is C15H15NO3. The van der Waals surface area contributed by atoms with Crippen molar-refractivity contribution in [3.8, 4) is 11.5 Å². The summed E-state index contributed by atoms with van der Waals surface area (Å²) in [6.07, 6.45) is 0. The van der Waals surface area contributed by atoms with Gasteiger partial charge in [0.1, 0.15) is 11.5 Å². The molecule has 0 spiro atoms. The maximum absolute atomic E-state index is 11.4. The Hall–Kier alpha value is -2.49. The second-order valence-electron chi connectivity index (χ2n) is 4.14. The molecule has 0 radical (unpaired) electrons. The molecule has 4 nitrogen and oxygen atoms in total. The van der Waals surface area contributed by atoms with Gasteiger partial charge in [-0.05, 0) is 48.9 Å². The predicted molar refractivity (Wildman–Crippen MR) is 73.4 cm³/mol. The Morgan fingerprint density at radius 3 is 2.53 bits per heavy atom. The molecule has 0 aromatic heterocycles. The second kappa shape index (κ2) is 5.44. The summed E-state index contributed by atoms with van der Waals surface area (Å²) < 4.78 is 10.4. The van der Waals surface area contributed by atoms with Gasteiger partial charge in [0.2, 0.25) is 0 Å². The molecule has 0 saturated heterocycles. The Bertz CT molecular complexity index is 608. The van der Waals surface area contributed by atoms with Crippen molar-refractivity contribution in [1.29, 1.82) is 0 Å². The molecule has 2 N–H and O–H groups in total. The number of esters is 1. The first-order valence-electron chi connectivity index (χ1n) is 5.82. The van der Waals surface area contributed by atoms with Crippen LogP contribution in [0.25, 0.3) is 0 Å². The minimum atomic E-state index is -0.390. The number of ether oxygens (including phenoxy) is 2. The first kappa shape index (κ1) is 13.0. The molecule has 0 unspecified atom stereocenters. The molecule has 0 aliphatic heterocycles. The molecule has 0 heterocycles. The molecule has 0 fully saturated rings. The van der Waals surface area contributed by atoms with Gasteiger partial charge in [0.25, 0.3) is 0 Å². The van der Waals surface area contributed by atoms with Gasteiger partial charge in [0, 0.05) is 5.69 Å². The summed E-state index contributed by atoms with van der Waals surface area (Å²) in [6.45, 7) is 1.91. The zero-order valence-electron chi connectivity index (χ0n) is 10.8. The summed E-state index contributed by atoms with van der Waals surface area (Å²) in [7, 11) is 1.35. The largest absolute Gasteiger partial charge is 0.465 e. The van der Waals surface area contributed by atoms with E-state index in [4.69, 9.17) is 10.5 Å². The van der Waals surface area contributed by atoms with Crippen molar-refractivity contribution >= 4 is 11.7 Å². The van der Waals surface area contributed by atoms with Crippen LogP contribution < -0.4 is 10.5 Å². The van der Waals surface area contributed by atoms with Gasteiger partial charge in [-0.15, -0.1) is 0 Å². The fourth-order valence-electron chi connectivity index (χ4n) is 1.65. The highest BCUT2D eigenvalue weighted by atomic mass is 16.5. The lowest BCUT2D eigenvalue weighted by Gasteiger charge is -2.08. The molecule has 98 valence electrons. The average Bonchev–Trinajstić information content (AvgIpc) is 2.42. The highest BCUT2D eigenvalue weighted by Crippen LogP contribution is 2.25. The number of aryl methyl sites for hydroxylation is 1. The van der Waals surface area contributed by atoms with E-state index in [1.54, 1.807) is 36.4 Å². The van der Waals surface area contributed by atoms with E-state index in [1.807, 2.05) is 13.0 Å². The summed E-state index contributed by atoms with van der Waals surface area (Å²) in [5.41, 5.74) is 7.86. The number of carbonyl (C=O) groups is 1. The minimum absolute atomic E-state index is 0.390. The fourth-order valence-corrected chi connectivity index (χ4v) is 1.65. The summed E-state index contributed by atoms with van der Waals surface area (Å²) >= 11 is 0. The molecular weight excluding hydrogens is 242 g/mol. The van der Waals surface area contributed by atoms with Gasteiger partial charge >= 0.3 is 5.97 Å². The van der Waals surface area contributed by atoms with Crippen LogP contribution in [0.1, 0.15) is 15.9 Å². The van der Waals surface area contributed by atoms with Gasteiger partial charge in [0.05, 0.1) is 12.7 Å². The van der Waals surface area contributed by atoms with Crippen LogP contribution in [0.2, 0.25) is 0 Å². The number of hydrogen-bond donors (Lipinski definition) is 1. The highest BCUT2D eigenvalue weighted by molar-refractivity contribution is 5.89. The summed E-state index contributed by atoms with van der Waals surface area (Å²) in [5.74, 6) is 0.861. The molecule has 0 aliphatic carbocycles. The van der Waals surface area contributed by atoms with Gasteiger partial charge in [0.15, 0.2) is 0 Å². The van der Waals surface area contributed by atoms with E-state index in [2.05, 4.69) is 4.74 Å². The Kier molecular flexibility index (Phi) is 3.71. The van der Waals surface area contributed by atoms with E-state index in [1.165, 1.54) is 7.11 Å². The molecule has 0 aliphatic rings. The minimum Gasteiger partial charge on any atom is -0.465 e. The summed E-state index contributed by atoms with van der Waals surface area (Å²) in [6, 6.07) is 12.2. The molecule has 2 rings (SSSR count). The van der Waals surface area contributed by atoms with Crippen LogP contribution in [0.15, 0.2) is 42.5 Å². The highest BCUT2D eigenvalue weighted by Gasteiger charge is 2.07. The van der Waals surface area contributed by atoms with Gasteiger partial charge < -0.3 is 15.2 Å². The van der Waals surface area contributed by atoms with Crippen molar-refractivity contribution in [1.82, 2.24) is 0 Å². The summed E-state index contributed by atoms with van der Waals surface area (Å²) in [5, 5.41) is 0. The number of rotatable bonds is 3. The lowest BCUT2D eigenvalue weighted by Crippen LogP contribution is -2.00. The third-order valence-electron chi connectivity index (χ3n) is 2.73. The molecule has 0 saturated carbocycles. The topological polar surface area (TPSA) is 61.5 Å². The Morgan fingerprint density at radius 2 is 1.84 bits per heavy atom. The standard InChI is InChI=1S/C15H15NO3/c1-10-8-13(6-7-14(10)16)19-12-5-3-4-11(9-12)15(17)18-2/h3-9H,16H2,1-2H3. The summed E-state index contributed by atoms with van der Waals surface area (Å²) in [4.78, 5) is 11.4. The first-order valence-corrected chi connectivity index (χ1v) is 5.82. The molecule has 4 heteroatoms. The third kappa shape index (κ3) is 3.04. The van der Waals surface area contributed by atoms with E-state index >= 15 is 0 Å². The van der Waals surface area contributed by atoms with Crippen molar-refractivity contribution in [3.63, 3.8) is 0 Å². The van der Waals surface area contributed by atoms with E-state index in [9.17, 15) is 4.79 Å². The Balaban J connectivity index is 2.23. The number of methoxy groups -OCH3 is 1. The van der Waals surface area contributed by atoms with Crippen LogP contribution in [0.3, 0.4) is 0 Å². The van der Waals surface area contributed by atoms with Crippen molar-refractivity contribution in [3.05, 3.63) is 53.6 Å². The number of carbonyl (C=O) groups excluding carboxylic acids is 1. The lowest BCUT2D eigenvalue weighted by molar-refractivity contribution is 0.0600. The van der Waals surface area contributed by atoms with Gasteiger partial charge in [-0.3, -0.25) is 0 Å². The molecule has 0 amide bonds. The van der Waals surface area contributed by atoms with Crippen molar-refractivity contribution in [2.75, 3.05) is 12.8 Å². The predicted octanol–water partition coefficient (Wildman–Crippen LogP) is 3.16. The second-order valence-corrected chi connectivity index (χ2v) is 4.14.